The smallest absolute Gasteiger partial charge is 0.331 e. The molecule has 1 aromatic carbocycles. The minimum atomic E-state index is -0.603. The Morgan fingerprint density at radius 3 is 2.95 bits per heavy atom. The summed E-state index contributed by atoms with van der Waals surface area (Å²) < 4.78 is 6.09. The first-order chi connectivity index (χ1) is 9.58. The first-order valence-corrected chi connectivity index (χ1v) is 5.87. The van der Waals surface area contributed by atoms with E-state index in [1.165, 1.54) is 11.8 Å². The first-order valence-electron chi connectivity index (χ1n) is 5.49. The average Bonchev–Trinajstić information content (AvgIpc) is 2.76. The maximum atomic E-state index is 11.0. The molecular formula is C12H9ClN4O3. The lowest BCUT2D eigenvalue weighted by Crippen LogP contribution is -1.98. The molecule has 0 aliphatic rings. The molecule has 0 unspecified atom stereocenters. The van der Waals surface area contributed by atoms with Gasteiger partial charge in [-0.05, 0) is 18.2 Å². The van der Waals surface area contributed by atoms with Crippen molar-refractivity contribution >= 4 is 17.3 Å². The molecule has 0 saturated heterocycles. The molecule has 0 aliphatic carbocycles. The molecule has 0 amide bonds. The number of methoxy groups -OCH3 is 1. The fourth-order valence-electron chi connectivity index (χ4n) is 1.72. The minimum absolute atomic E-state index is 0.0268. The summed E-state index contributed by atoms with van der Waals surface area (Å²) in [6.45, 7) is -0.0268. The predicted octanol–water partition coefficient (Wildman–Crippen LogP) is 2.45. The molecule has 0 atom stereocenters. The van der Waals surface area contributed by atoms with Crippen LogP contribution < -0.4 is 0 Å². The van der Waals surface area contributed by atoms with E-state index in [-0.39, 0.29) is 23.1 Å². The number of halogens is 1. The monoisotopic (exact) mass is 292 g/mol. The van der Waals surface area contributed by atoms with Crippen LogP contribution in [-0.4, -0.2) is 21.8 Å². The Balaban J connectivity index is 2.60. The van der Waals surface area contributed by atoms with E-state index in [9.17, 15) is 10.1 Å². The number of benzene rings is 1. The quantitative estimate of drug-likeness (QED) is 0.637. The molecule has 0 radical (unpaired) electrons. The Labute approximate surface area is 119 Å². The van der Waals surface area contributed by atoms with E-state index in [1.807, 2.05) is 6.07 Å². The molecule has 7 nitrogen and oxygen atoms in total. The van der Waals surface area contributed by atoms with Gasteiger partial charge >= 0.3 is 5.69 Å². The lowest BCUT2D eigenvalue weighted by Gasteiger charge is -2.02. The number of aromatic nitrogens is 2. The zero-order chi connectivity index (χ0) is 14.7. The fraction of sp³-hybridized carbons (Fsp3) is 0.167. The molecule has 0 saturated carbocycles. The van der Waals surface area contributed by atoms with Gasteiger partial charge in [-0.25, -0.2) is 4.68 Å². The molecule has 0 aliphatic heterocycles. The largest absolute Gasteiger partial charge is 0.378 e. The van der Waals surface area contributed by atoms with Crippen LogP contribution in [0.4, 0.5) is 5.69 Å². The topological polar surface area (TPSA) is 94.0 Å². The van der Waals surface area contributed by atoms with E-state index in [4.69, 9.17) is 21.6 Å². The highest BCUT2D eigenvalue weighted by Gasteiger charge is 2.27. The molecule has 8 heteroatoms. The van der Waals surface area contributed by atoms with Crippen molar-refractivity contribution in [3.63, 3.8) is 0 Å². The SMILES string of the molecule is COCc1nn(-c2cccc(C#N)c2)c(Cl)c1[N+](=O)[O-]. The van der Waals surface area contributed by atoms with Gasteiger partial charge in [-0.1, -0.05) is 17.7 Å². The van der Waals surface area contributed by atoms with Gasteiger partial charge < -0.3 is 4.74 Å². The molecule has 0 fully saturated rings. The number of hydrogen-bond acceptors (Lipinski definition) is 5. The highest BCUT2D eigenvalue weighted by atomic mass is 35.5. The Morgan fingerprint density at radius 1 is 1.60 bits per heavy atom. The second-order valence-electron chi connectivity index (χ2n) is 3.85. The number of nitro groups is 1. The van der Waals surface area contributed by atoms with Crippen LogP contribution in [0.15, 0.2) is 24.3 Å². The Bertz CT molecular complexity index is 705. The zero-order valence-electron chi connectivity index (χ0n) is 10.4. The molecule has 102 valence electrons. The highest BCUT2D eigenvalue weighted by Crippen LogP contribution is 2.31. The molecular weight excluding hydrogens is 284 g/mol. The van der Waals surface area contributed by atoms with Crippen molar-refractivity contribution in [2.75, 3.05) is 7.11 Å². The van der Waals surface area contributed by atoms with E-state index < -0.39 is 4.92 Å². The van der Waals surface area contributed by atoms with Gasteiger partial charge in [0.25, 0.3) is 0 Å². The molecule has 0 spiro atoms. The Kier molecular flexibility index (Phi) is 3.98. The van der Waals surface area contributed by atoms with E-state index in [2.05, 4.69) is 5.10 Å². The number of ether oxygens (including phenoxy) is 1. The van der Waals surface area contributed by atoms with E-state index in [0.717, 1.165) is 0 Å². The van der Waals surface area contributed by atoms with Gasteiger partial charge in [-0.2, -0.15) is 10.4 Å². The molecule has 0 bridgehead atoms. The van der Waals surface area contributed by atoms with Crippen LogP contribution in [0.2, 0.25) is 5.15 Å². The Hall–Kier alpha value is -2.43. The number of hydrogen-bond donors (Lipinski definition) is 0. The van der Waals surface area contributed by atoms with Crippen molar-refractivity contribution in [1.82, 2.24) is 9.78 Å². The standard InChI is InChI=1S/C12H9ClN4O3/c1-20-7-10-11(17(18)19)12(13)16(15-10)9-4-2-3-8(5-9)6-14/h2-5H,7H2,1H3. The summed E-state index contributed by atoms with van der Waals surface area (Å²) in [6.07, 6.45) is 0. The van der Waals surface area contributed by atoms with Gasteiger partial charge in [0.15, 0.2) is 5.69 Å². The van der Waals surface area contributed by atoms with Crippen molar-refractivity contribution in [2.24, 2.45) is 0 Å². The molecule has 1 aromatic heterocycles. The molecule has 0 N–H and O–H groups in total. The van der Waals surface area contributed by atoms with Crippen LogP contribution >= 0.6 is 11.6 Å². The van der Waals surface area contributed by atoms with Crippen molar-refractivity contribution in [2.45, 2.75) is 6.61 Å². The van der Waals surface area contributed by atoms with Gasteiger partial charge in [0.1, 0.15) is 0 Å². The Morgan fingerprint density at radius 2 is 2.35 bits per heavy atom. The summed E-state index contributed by atoms with van der Waals surface area (Å²) in [5, 5.41) is 23.9. The summed E-state index contributed by atoms with van der Waals surface area (Å²) >= 11 is 6.01. The van der Waals surface area contributed by atoms with E-state index >= 15 is 0 Å². The zero-order valence-corrected chi connectivity index (χ0v) is 11.2. The average molecular weight is 293 g/mol. The van der Waals surface area contributed by atoms with Crippen molar-refractivity contribution in [3.8, 4) is 11.8 Å². The van der Waals surface area contributed by atoms with Crippen LogP contribution in [0.5, 0.6) is 0 Å². The molecule has 2 aromatic rings. The third-order valence-electron chi connectivity index (χ3n) is 2.56. The third-order valence-corrected chi connectivity index (χ3v) is 2.90. The summed E-state index contributed by atoms with van der Waals surface area (Å²) in [7, 11) is 1.41. The molecule has 20 heavy (non-hydrogen) atoms. The summed E-state index contributed by atoms with van der Waals surface area (Å²) in [6, 6.07) is 8.44. The van der Waals surface area contributed by atoms with Gasteiger partial charge in [0.2, 0.25) is 5.15 Å². The van der Waals surface area contributed by atoms with E-state index in [1.54, 1.807) is 24.3 Å². The third kappa shape index (κ3) is 2.47. The highest BCUT2D eigenvalue weighted by molar-refractivity contribution is 6.32. The maximum absolute atomic E-state index is 11.0. The van der Waals surface area contributed by atoms with Crippen molar-refractivity contribution < 1.29 is 9.66 Å². The lowest BCUT2D eigenvalue weighted by atomic mass is 10.2. The fourth-order valence-corrected chi connectivity index (χ4v) is 2.04. The van der Waals surface area contributed by atoms with Crippen molar-refractivity contribution in [3.05, 3.63) is 50.8 Å². The maximum Gasteiger partial charge on any atom is 0.331 e. The second kappa shape index (κ2) is 5.69. The second-order valence-corrected chi connectivity index (χ2v) is 4.21. The number of nitrogens with zero attached hydrogens (tertiary/aromatic N) is 4. The first kappa shape index (κ1) is 14.0. The van der Waals surface area contributed by atoms with Crippen LogP contribution in [0.1, 0.15) is 11.3 Å². The summed E-state index contributed by atoms with van der Waals surface area (Å²) in [4.78, 5) is 10.4. The minimum Gasteiger partial charge on any atom is -0.378 e. The van der Waals surface area contributed by atoms with Gasteiger partial charge in [0, 0.05) is 7.11 Å². The molecule has 2 rings (SSSR count). The van der Waals surface area contributed by atoms with Crippen molar-refractivity contribution in [1.29, 1.82) is 5.26 Å². The summed E-state index contributed by atoms with van der Waals surface area (Å²) in [5.41, 5.74) is 0.713. The number of rotatable bonds is 4. The van der Waals surface area contributed by atoms with E-state index in [0.29, 0.717) is 11.3 Å². The predicted molar refractivity (Wildman–Crippen MR) is 70.7 cm³/mol. The van der Waals surface area contributed by atoms with Crippen LogP contribution in [0.25, 0.3) is 5.69 Å². The van der Waals surface area contributed by atoms with Gasteiger partial charge in [0.05, 0.1) is 28.9 Å². The van der Waals surface area contributed by atoms with Crippen LogP contribution in [-0.2, 0) is 11.3 Å². The van der Waals surface area contributed by atoms with Crippen LogP contribution in [0.3, 0.4) is 0 Å². The number of nitriles is 1. The lowest BCUT2D eigenvalue weighted by molar-refractivity contribution is -0.385. The van der Waals surface area contributed by atoms with Gasteiger partial charge in [-0.15, -0.1) is 0 Å². The normalized spacial score (nSPS) is 10.2. The van der Waals surface area contributed by atoms with Gasteiger partial charge in [-0.3, -0.25) is 10.1 Å². The summed E-state index contributed by atoms with van der Waals surface area (Å²) in [5.74, 6) is 0. The van der Waals surface area contributed by atoms with Crippen LogP contribution in [0, 0.1) is 21.4 Å². The molecule has 1 heterocycles.